The summed E-state index contributed by atoms with van der Waals surface area (Å²) in [6.45, 7) is 9.22. The predicted octanol–water partition coefficient (Wildman–Crippen LogP) is 4.65. The Bertz CT molecular complexity index is 1020. The van der Waals surface area contributed by atoms with Crippen molar-refractivity contribution in [1.82, 2.24) is 14.8 Å². The Hall–Kier alpha value is -2.80. The van der Waals surface area contributed by atoms with E-state index in [1.54, 1.807) is 0 Å². The number of thioether (sulfide) groups is 1. The number of aromatic hydroxyl groups is 2. The van der Waals surface area contributed by atoms with E-state index < -0.39 is 0 Å². The zero-order valence-electron chi connectivity index (χ0n) is 17.0. The van der Waals surface area contributed by atoms with Crippen LogP contribution in [-0.4, -0.2) is 36.5 Å². The lowest BCUT2D eigenvalue weighted by molar-refractivity contribution is 0.102. The minimum Gasteiger partial charge on any atom is -0.504 e. The van der Waals surface area contributed by atoms with E-state index in [-0.39, 0.29) is 28.5 Å². The molecule has 29 heavy (non-hydrogen) atoms. The lowest BCUT2D eigenvalue weighted by Gasteiger charge is -2.19. The number of rotatable bonds is 6. The van der Waals surface area contributed by atoms with Gasteiger partial charge in [-0.25, -0.2) is 0 Å². The Morgan fingerprint density at radius 2 is 1.72 bits per heavy atom. The molecule has 152 valence electrons. The third-order valence-electron chi connectivity index (χ3n) is 4.67. The molecule has 3 rings (SSSR count). The predicted molar refractivity (Wildman–Crippen MR) is 115 cm³/mol. The van der Waals surface area contributed by atoms with Gasteiger partial charge in [-0.15, -0.1) is 10.2 Å². The topological polar surface area (TPSA) is 88.2 Å². The number of benzene rings is 2. The lowest BCUT2D eigenvalue weighted by Crippen LogP contribution is -2.10. The van der Waals surface area contributed by atoms with Gasteiger partial charge in [-0.3, -0.25) is 4.79 Å². The van der Waals surface area contributed by atoms with Crippen molar-refractivity contribution in [3.05, 3.63) is 53.6 Å². The molecule has 6 nitrogen and oxygen atoms in total. The Morgan fingerprint density at radius 3 is 2.31 bits per heavy atom. The molecule has 2 N–H and O–H groups in total. The van der Waals surface area contributed by atoms with E-state index in [2.05, 4.69) is 55.2 Å². The summed E-state index contributed by atoms with van der Waals surface area (Å²) in [6, 6.07) is 12.4. The number of hydrogen-bond donors (Lipinski definition) is 2. The Balaban J connectivity index is 1.77. The van der Waals surface area contributed by atoms with Crippen molar-refractivity contribution in [2.24, 2.45) is 0 Å². The number of Topliss-reactive ketones (excluding diaryl/α,β-unsaturated/α-hetero) is 1. The third-order valence-corrected chi connectivity index (χ3v) is 5.64. The fourth-order valence-corrected chi connectivity index (χ4v) is 3.82. The average molecular weight is 412 g/mol. The summed E-state index contributed by atoms with van der Waals surface area (Å²) in [5.41, 5.74) is 2.66. The quantitative estimate of drug-likeness (QED) is 0.349. The summed E-state index contributed by atoms with van der Waals surface area (Å²) >= 11 is 1.30. The average Bonchev–Trinajstić information content (AvgIpc) is 3.10. The number of carbonyl (C=O) groups excluding carboxylic acids is 1. The van der Waals surface area contributed by atoms with Gasteiger partial charge in [0, 0.05) is 17.7 Å². The van der Waals surface area contributed by atoms with Gasteiger partial charge in [-0.2, -0.15) is 0 Å². The molecular formula is C22H25N3O3S. The van der Waals surface area contributed by atoms with Crippen LogP contribution in [0.25, 0.3) is 11.4 Å². The summed E-state index contributed by atoms with van der Waals surface area (Å²) in [4.78, 5) is 12.4. The van der Waals surface area contributed by atoms with Crippen LogP contribution in [0.15, 0.2) is 47.6 Å². The molecule has 0 radical (unpaired) electrons. The van der Waals surface area contributed by atoms with Gasteiger partial charge in [0.05, 0.1) is 5.75 Å². The second-order valence-corrected chi connectivity index (χ2v) is 8.74. The SMILES string of the molecule is CCn1c(SCC(=O)c2ccc(O)c(O)c2)nnc1-c1ccc(C(C)(C)C)cc1. The van der Waals surface area contributed by atoms with Crippen LogP contribution in [0.2, 0.25) is 0 Å². The largest absolute Gasteiger partial charge is 0.504 e. The molecule has 0 amide bonds. The van der Waals surface area contributed by atoms with Crippen LogP contribution in [0.4, 0.5) is 0 Å². The van der Waals surface area contributed by atoms with Crippen LogP contribution in [0, 0.1) is 0 Å². The van der Waals surface area contributed by atoms with Crippen molar-refractivity contribution in [3.63, 3.8) is 0 Å². The molecule has 7 heteroatoms. The molecule has 0 saturated carbocycles. The summed E-state index contributed by atoms with van der Waals surface area (Å²) in [5, 5.41) is 28.2. The molecule has 2 aromatic carbocycles. The van der Waals surface area contributed by atoms with Gasteiger partial charge in [0.15, 0.2) is 28.3 Å². The molecule has 0 unspecified atom stereocenters. The summed E-state index contributed by atoms with van der Waals surface area (Å²) in [7, 11) is 0. The van der Waals surface area contributed by atoms with E-state index in [4.69, 9.17) is 0 Å². The van der Waals surface area contributed by atoms with Gasteiger partial charge >= 0.3 is 0 Å². The first-order valence-corrected chi connectivity index (χ1v) is 10.4. The molecular weight excluding hydrogens is 386 g/mol. The highest BCUT2D eigenvalue weighted by atomic mass is 32.2. The zero-order valence-corrected chi connectivity index (χ0v) is 17.8. The number of phenolic OH excluding ortho intramolecular Hbond substituents is 2. The highest BCUT2D eigenvalue weighted by Gasteiger charge is 2.18. The van der Waals surface area contributed by atoms with E-state index in [0.717, 1.165) is 11.4 Å². The van der Waals surface area contributed by atoms with Gasteiger partial charge < -0.3 is 14.8 Å². The summed E-state index contributed by atoms with van der Waals surface area (Å²) in [6.07, 6.45) is 0. The van der Waals surface area contributed by atoms with Crippen LogP contribution >= 0.6 is 11.8 Å². The highest BCUT2D eigenvalue weighted by molar-refractivity contribution is 7.99. The molecule has 1 aromatic heterocycles. The molecule has 0 aliphatic carbocycles. The van der Waals surface area contributed by atoms with Crippen LogP contribution in [0.5, 0.6) is 11.5 Å². The molecule has 0 fully saturated rings. The normalized spacial score (nSPS) is 11.6. The molecule has 0 bridgehead atoms. The Kier molecular flexibility index (Phi) is 5.98. The van der Waals surface area contributed by atoms with Crippen LogP contribution in [-0.2, 0) is 12.0 Å². The number of nitrogens with zero attached hydrogens (tertiary/aromatic N) is 3. The van der Waals surface area contributed by atoms with Crippen LogP contribution < -0.4 is 0 Å². The minimum atomic E-state index is -0.307. The van der Waals surface area contributed by atoms with Crippen LogP contribution in [0.3, 0.4) is 0 Å². The van der Waals surface area contributed by atoms with Crippen molar-refractivity contribution in [3.8, 4) is 22.9 Å². The van der Waals surface area contributed by atoms with E-state index in [1.807, 2.05) is 11.5 Å². The van der Waals surface area contributed by atoms with Crippen molar-refractivity contribution >= 4 is 17.5 Å². The molecule has 0 atom stereocenters. The number of hydrogen-bond acceptors (Lipinski definition) is 6. The molecule has 0 aliphatic rings. The smallest absolute Gasteiger partial charge is 0.191 e. The summed E-state index contributed by atoms with van der Waals surface area (Å²) < 4.78 is 1.98. The van der Waals surface area contributed by atoms with Crippen molar-refractivity contribution < 1.29 is 15.0 Å². The first-order chi connectivity index (χ1) is 13.7. The number of ketones is 1. The van der Waals surface area contributed by atoms with Crippen LogP contribution in [0.1, 0.15) is 43.6 Å². The lowest BCUT2D eigenvalue weighted by atomic mass is 9.87. The second-order valence-electron chi connectivity index (χ2n) is 7.79. The van der Waals surface area contributed by atoms with Crippen molar-refractivity contribution in [2.75, 3.05) is 5.75 Å². The Labute approximate surface area is 174 Å². The van der Waals surface area contributed by atoms with Gasteiger partial charge in [-0.05, 0) is 36.1 Å². The molecule has 0 spiro atoms. The molecule has 1 heterocycles. The van der Waals surface area contributed by atoms with E-state index in [1.165, 1.54) is 35.5 Å². The van der Waals surface area contributed by atoms with Crippen molar-refractivity contribution in [1.29, 1.82) is 0 Å². The first-order valence-electron chi connectivity index (χ1n) is 9.42. The van der Waals surface area contributed by atoms with Gasteiger partial charge in [0.2, 0.25) is 0 Å². The monoisotopic (exact) mass is 411 g/mol. The fourth-order valence-electron chi connectivity index (χ4n) is 2.92. The third kappa shape index (κ3) is 4.62. The standard InChI is InChI=1S/C22H25N3O3S/c1-5-25-20(14-6-9-16(10-7-14)22(2,3)4)23-24-21(25)29-13-19(28)15-8-11-17(26)18(27)12-15/h6-12,26-27H,5,13H2,1-4H3. The molecule has 0 saturated heterocycles. The van der Waals surface area contributed by atoms with E-state index in [0.29, 0.717) is 17.3 Å². The highest BCUT2D eigenvalue weighted by Crippen LogP contribution is 2.29. The first kappa shape index (κ1) is 20.9. The van der Waals surface area contributed by atoms with E-state index >= 15 is 0 Å². The minimum absolute atomic E-state index is 0.0843. The van der Waals surface area contributed by atoms with Gasteiger partial charge in [0.1, 0.15) is 0 Å². The Morgan fingerprint density at radius 1 is 1.03 bits per heavy atom. The zero-order chi connectivity index (χ0) is 21.2. The maximum absolute atomic E-state index is 12.4. The fraction of sp³-hybridized carbons (Fsp3) is 0.318. The number of aromatic nitrogens is 3. The molecule has 3 aromatic rings. The second kappa shape index (κ2) is 8.29. The maximum atomic E-state index is 12.4. The number of carbonyl (C=O) groups is 1. The maximum Gasteiger partial charge on any atom is 0.191 e. The van der Waals surface area contributed by atoms with E-state index in [9.17, 15) is 15.0 Å². The summed E-state index contributed by atoms with van der Waals surface area (Å²) in [5.74, 6) is 0.212. The van der Waals surface area contributed by atoms with Gasteiger partial charge in [-0.1, -0.05) is 56.8 Å². The molecule has 0 aliphatic heterocycles. The van der Waals surface area contributed by atoms with Crippen molar-refractivity contribution in [2.45, 2.75) is 44.8 Å². The van der Waals surface area contributed by atoms with Gasteiger partial charge in [0.25, 0.3) is 0 Å². The number of phenols is 2.